The van der Waals surface area contributed by atoms with Crippen LogP contribution in [0.5, 0.6) is 5.75 Å². The Hall–Kier alpha value is -1.64. The number of fused-ring (bicyclic) bond motifs is 1. The SMILES string of the molecule is C=C(Cc1sc2ccc(OC)cc2[n+]1CCCS(=O)(=O)[O-])OCC. The number of hydrogen-bond donors (Lipinski definition) is 0. The molecule has 0 amide bonds. The van der Waals surface area contributed by atoms with Crippen molar-refractivity contribution >= 4 is 31.7 Å². The first-order chi connectivity index (χ1) is 11.3. The van der Waals surface area contributed by atoms with Crippen LogP contribution in [-0.2, 0) is 27.8 Å². The summed E-state index contributed by atoms with van der Waals surface area (Å²) >= 11 is 1.59. The van der Waals surface area contributed by atoms with E-state index >= 15 is 0 Å². The number of hydrogen-bond acceptors (Lipinski definition) is 6. The van der Waals surface area contributed by atoms with Crippen molar-refractivity contribution in [2.75, 3.05) is 19.5 Å². The van der Waals surface area contributed by atoms with E-state index in [2.05, 4.69) is 6.58 Å². The molecule has 0 spiro atoms. The monoisotopic (exact) mass is 371 g/mol. The molecule has 0 unspecified atom stereocenters. The molecule has 1 heterocycles. The van der Waals surface area contributed by atoms with Gasteiger partial charge in [0.2, 0.25) is 10.5 Å². The topological polar surface area (TPSA) is 79.5 Å². The highest BCUT2D eigenvalue weighted by Crippen LogP contribution is 2.26. The Morgan fingerprint density at radius 2 is 2.17 bits per heavy atom. The summed E-state index contributed by atoms with van der Waals surface area (Å²) in [4.78, 5) is 0. The molecule has 0 saturated heterocycles. The van der Waals surface area contributed by atoms with Crippen LogP contribution >= 0.6 is 11.3 Å². The third-order valence-corrected chi connectivity index (χ3v) is 5.41. The summed E-state index contributed by atoms with van der Waals surface area (Å²) in [6.07, 6.45) is 0.799. The van der Waals surface area contributed by atoms with E-state index in [1.165, 1.54) is 0 Å². The molecule has 0 aliphatic rings. The number of thiazole rings is 1. The molecule has 0 fully saturated rings. The van der Waals surface area contributed by atoms with Gasteiger partial charge in [0, 0.05) is 12.2 Å². The van der Waals surface area contributed by atoms with E-state index in [9.17, 15) is 13.0 Å². The van der Waals surface area contributed by atoms with Gasteiger partial charge in [0.05, 0.1) is 29.9 Å². The second kappa shape index (κ2) is 7.96. The number of benzene rings is 1. The number of nitrogens with zero attached hydrogens (tertiary/aromatic N) is 1. The number of ether oxygens (including phenoxy) is 2. The summed E-state index contributed by atoms with van der Waals surface area (Å²) in [5, 5.41) is 1.00. The molecule has 0 radical (unpaired) electrons. The molecule has 8 heteroatoms. The van der Waals surface area contributed by atoms with Crippen LogP contribution in [-0.4, -0.2) is 32.4 Å². The molecule has 1 aromatic heterocycles. The molecule has 2 rings (SSSR count). The first-order valence-corrected chi connectivity index (χ1v) is 9.97. The highest BCUT2D eigenvalue weighted by molar-refractivity contribution is 7.85. The van der Waals surface area contributed by atoms with Gasteiger partial charge in [-0.1, -0.05) is 17.9 Å². The summed E-state index contributed by atoms with van der Waals surface area (Å²) in [5.74, 6) is 0.995. The largest absolute Gasteiger partial charge is 0.748 e. The van der Waals surface area contributed by atoms with Gasteiger partial charge in [-0.25, -0.2) is 8.42 Å². The Balaban J connectivity index is 2.35. The molecule has 0 N–H and O–H groups in total. The highest BCUT2D eigenvalue weighted by Gasteiger charge is 2.22. The van der Waals surface area contributed by atoms with Crippen molar-refractivity contribution in [3.63, 3.8) is 0 Å². The van der Waals surface area contributed by atoms with Crippen LogP contribution in [0.4, 0.5) is 0 Å². The van der Waals surface area contributed by atoms with Crippen LogP contribution in [0, 0.1) is 0 Å². The van der Waals surface area contributed by atoms with Crippen molar-refractivity contribution in [1.29, 1.82) is 0 Å². The predicted octanol–water partition coefficient (Wildman–Crippen LogP) is 2.23. The number of aromatic nitrogens is 1. The van der Waals surface area contributed by atoms with Crippen LogP contribution in [0.2, 0.25) is 0 Å². The molecule has 0 atom stereocenters. The van der Waals surface area contributed by atoms with Gasteiger partial charge in [-0.15, -0.1) is 0 Å². The molecule has 1 aromatic carbocycles. The lowest BCUT2D eigenvalue weighted by molar-refractivity contribution is -0.674. The zero-order chi connectivity index (χ0) is 17.7. The molecular weight excluding hydrogens is 350 g/mol. The third-order valence-electron chi connectivity index (χ3n) is 3.46. The molecular formula is C16H21NO5S2. The first-order valence-electron chi connectivity index (χ1n) is 7.57. The van der Waals surface area contributed by atoms with Crippen molar-refractivity contribution < 1.29 is 27.0 Å². The van der Waals surface area contributed by atoms with E-state index in [0.29, 0.717) is 25.3 Å². The molecule has 0 saturated carbocycles. The van der Waals surface area contributed by atoms with Crippen molar-refractivity contribution in [3.8, 4) is 5.75 Å². The van der Waals surface area contributed by atoms with E-state index in [4.69, 9.17) is 9.47 Å². The van der Waals surface area contributed by atoms with Gasteiger partial charge in [-0.2, -0.15) is 4.57 Å². The second-order valence-electron chi connectivity index (χ2n) is 5.24. The van der Waals surface area contributed by atoms with Crippen molar-refractivity contribution in [2.24, 2.45) is 0 Å². The van der Waals surface area contributed by atoms with Crippen molar-refractivity contribution in [2.45, 2.75) is 26.3 Å². The standard InChI is InChI=1S/C16H21NO5S2/c1-4-22-12(2)10-16-17(8-5-9-24(18,19)20)14-11-13(21-3)6-7-15(14)23-16/h6-7,11H,2,4-5,8-10H2,1,3H3. The van der Waals surface area contributed by atoms with Gasteiger partial charge in [0.15, 0.2) is 6.54 Å². The predicted molar refractivity (Wildman–Crippen MR) is 92.2 cm³/mol. The number of aryl methyl sites for hydroxylation is 1. The molecule has 0 aliphatic carbocycles. The summed E-state index contributed by atoms with van der Waals surface area (Å²) in [6, 6.07) is 5.75. The highest BCUT2D eigenvalue weighted by atomic mass is 32.2. The number of rotatable bonds is 9. The Kier molecular flexibility index (Phi) is 6.20. The van der Waals surface area contributed by atoms with E-state index in [1.54, 1.807) is 18.4 Å². The summed E-state index contributed by atoms with van der Waals surface area (Å²) < 4.78 is 46.3. The zero-order valence-corrected chi connectivity index (χ0v) is 15.4. The van der Waals surface area contributed by atoms with E-state index in [1.807, 2.05) is 29.7 Å². The van der Waals surface area contributed by atoms with E-state index in [0.717, 1.165) is 21.0 Å². The summed E-state index contributed by atoms with van der Waals surface area (Å²) in [7, 11) is -2.62. The van der Waals surface area contributed by atoms with Gasteiger partial charge in [0.25, 0.3) is 0 Å². The van der Waals surface area contributed by atoms with E-state index < -0.39 is 10.1 Å². The Labute approximate surface area is 146 Å². The fourth-order valence-corrected chi connectivity index (χ4v) is 4.12. The zero-order valence-electron chi connectivity index (χ0n) is 13.8. The molecule has 0 bridgehead atoms. The van der Waals surface area contributed by atoms with E-state index in [-0.39, 0.29) is 12.2 Å². The van der Waals surface area contributed by atoms with Gasteiger partial charge >= 0.3 is 0 Å². The molecule has 0 aliphatic heterocycles. The van der Waals surface area contributed by atoms with Crippen LogP contribution < -0.4 is 9.30 Å². The lowest BCUT2D eigenvalue weighted by atomic mass is 10.3. The average molecular weight is 371 g/mol. The van der Waals surface area contributed by atoms with Gasteiger partial charge in [-0.05, 0) is 19.1 Å². The summed E-state index contributed by atoms with van der Waals surface area (Å²) in [6.45, 7) is 6.78. The minimum absolute atomic E-state index is 0.258. The molecule has 6 nitrogen and oxygen atoms in total. The van der Waals surface area contributed by atoms with Crippen LogP contribution in [0.15, 0.2) is 30.5 Å². The van der Waals surface area contributed by atoms with Crippen LogP contribution in [0.25, 0.3) is 10.2 Å². The first kappa shape index (κ1) is 18.7. The van der Waals surface area contributed by atoms with Gasteiger partial charge in [-0.3, -0.25) is 0 Å². The summed E-state index contributed by atoms with van der Waals surface area (Å²) in [5.41, 5.74) is 0.946. The van der Waals surface area contributed by atoms with Crippen LogP contribution in [0.1, 0.15) is 18.4 Å². The lowest BCUT2D eigenvalue weighted by Gasteiger charge is -2.06. The quantitative estimate of drug-likeness (QED) is 0.384. The smallest absolute Gasteiger partial charge is 0.245 e. The average Bonchev–Trinajstić information content (AvgIpc) is 2.83. The lowest BCUT2D eigenvalue weighted by Crippen LogP contribution is -2.37. The van der Waals surface area contributed by atoms with Gasteiger partial charge in [0.1, 0.15) is 22.6 Å². The second-order valence-corrected chi connectivity index (χ2v) is 7.88. The Morgan fingerprint density at radius 1 is 1.42 bits per heavy atom. The Bertz CT molecular complexity index is 826. The van der Waals surface area contributed by atoms with Crippen molar-refractivity contribution in [1.82, 2.24) is 0 Å². The molecule has 2 aromatic rings. The normalized spacial score (nSPS) is 11.6. The number of methoxy groups -OCH3 is 1. The molecule has 132 valence electrons. The fourth-order valence-electron chi connectivity index (χ4n) is 2.44. The third kappa shape index (κ3) is 4.93. The fraction of sp³-hybridized carbons (Fsp3) is 0.438. The minimum atomic E-state index is -4.21. The van der Waals surface area contributed by atoms with Crippen molar-refractivity contribution in [3.05, 3.63) is 35.5 Å². The molecule has 24 heavy (non-hydrogen) atoms. The Morgan fingerprint density at radius 3 is 2.79 bits per heavy atom. The maximum atomic E-state index is 10.9. The van der Waals surface area contributed by atoms with Crippen LogP contribution in [0.3, 0.4) is 0 Å². The van der Waals surface area contributed by atoms with Gasteiger partial charge < -0.3 is 14.0 Å². The number of allylic oxidation sites excluding steroid dienone is 1. The minimum Gasteiger partial charge on any atom is -0.748 e. The maximum absolute atomic E-state index is 10.9. The maximum Gasteiger partial charge on any atom is 0.245 e.